The first-order valence-electron chi connectivity index (χ1n) is 7.88. The molecule has 0 aliphatic rings. The van der Waals surface area contributed by atoms with Crippen molar-refractivity contribution in [2.45, 2.75) is 0 Å². The highest BCUT2D eigenvalue weighted by molar-refractivity contribution is 6.09. The van der Waals surface area contributed by atoms with Crippen molar-refractivity contribution in [1.29, 1.82) is 0 Å². The van der Waals surface area contributed by atoms with Gasteiger partial charge < -0.3 is 5.11 Å². The third kappa shape index (κ3) is 1.82. The van der Waals surface area contributed by atoms with Crippen LogP contribution in [0.1, 0.15) is 0 Å². The van der Waals surface area contributed by atoms with Gasteiger partial charge >= 0.3 is 0 Å². The number of benzene rings is 3. The molecule has 0 aliphatic heterocycles. The molecule has 1 N–H and O–H groups in total. The smallest absolute Gasteiger partial charge is 0.138 e. The molecule has 24 heavy (non-hydrogen) atoms. The second-order valence-corrected chi connectivity index (χ2v) is 5.94. The number of phenols is 1. The second-order valence-electron chi connectivity index (χ2n) is 5.94. The zero-order chi connectivity index (χ0) is 16.1. The van der Waals surface area contributed by atoms with Gasteiger partial charge in [-0.25, -0.2) is 4.98 Å². The number of hydrogen-bond acceptors (Lipinski definition) is 2. The summed E-state index contributed by atoms with van der Waals surface area (Å²) in [6, 6.07) is 24.0. The van der Waals surface area contributed by atoms with Crippen LogP contribution in [0.2, 0.25) is 0 Å². The number of para-hydroxylation sites is 1. The van der Waals surface area contributed by atoms with Gasteiger partial charge in [-0.3, -0.25) is 4.57 Å². The van der Waals surface area contributed by atoms with E-state index in [0.29, 0.717) is 0 Å². The number of rotatable bonds is 1. The van der Waals surface area contributed by atoms with Crippen LogP contribution in [0.4, 0.5) is 0 Å². The number of phenolic OH excluding ortho intramolecular Hbond substituents is 1. The molecule has 0 radical (unpaired) electrons. The molecule has 0 saturated heterocycles. The highest BCUT2D eigenvalue weighted by Crippen LogP contribution is 2.33. The van der Waals surface area contributed by atoms with Crippen LogP contribution in [0.15, 0.2) is 79.0 Å². The van der Waals surface area contributed by atoms with Gasteiger partial charge in [-0.15, -0.1) is 0 Å². The average molecular weight is 310 g/mol. The fraction of sp³-hybridized carbons (Fsp3) is 0. The lowest BCUT2D eigenvalue weighted by Gasteiger charge is -2.08. The predicted molar refractivity (Wildman–Crippen MR) is 97.7 cm³/mol. The average Bonchev–Trinajstić information content (AvgIpc) is 2.94. The molecule has 0 bridgehead atoms. The third-order valence-electron chi connectivity index (χ3n) is 4.50. The summed E-state index contributed by atoms with van der Waals surface area (Å²) in [5.41, 5.74) is 2.04. The lowest BCUT2D eigenvalue weighted by Crippen LogP contribution is -1.96. The lowest BCUT2D eigenvalue weighted by molar-refractivity contribution is 0.476. The predicted octanol–water partition coefficient (Wildman–Crippen LogP) is 5.04. The van der Waals surface area contributed by atoms with Gasteiger partial charge in [-0.05, 0) is 29.7 Å². The van der Waals surface area contributed by atoms with Crippen LogP contribution in [-0.4, -0.2) is 14.7 Å². The molecular formula is C21H14N2O. The summed E-state index contributed by atoms with van der Waals surface area (Å²) in [6.07, 6.45) is 1.90. The molecular weight excluding hydrogens is 296 g/mol. The largest absolute Gasteiger partial charge is 0.508 e. The molecule has 0 aliphatic carbocycles. The second kappa shape index (κ2) is 4.83. The van der Waals surface area contributed by atoms with Crippen molar-refractivity contribution in [3.05, 3.63) is 79.0 Å². The Labute approximate surface area is 138 Å². The van der Waals surface area contributed by atoms with E-state index in [1.807, 2.05) is 36.5 Å². The van der Waals surface area contributed by atoms with E-state index in [0.717, 1.165) is 38.4 Å². The van der Waals surface area contributed by atoms with Crippen molar-refractivity contribution in [2.75, 3.05) is 0 Å². The molecule has 5 rings (SSSR count). The first-order chi connectivity index (χ1) is 11.8. The van der Waals surface area contributed by atoms with E-state index in [2.05, 4.69) is 39.9 Å². The Kier molecular flexibility index (Phi) is 2.65. The topological polar surface area (TPSA) is 38.0 Å². The Bertz CT molecular complexity index is 1220. The maximum atomic E-state index is 9.96. The molecule has 0 amide bonds. The van der Waals surface area contributed by atoms with Crippen LogP contribution < -0.4 is 0 Å². The Morgan fingerprint density at radius 2 is 1.46 bits per heavy atom. The molecule has 0 unspecified atom stereocenters. The fourth-order valence-corrected chi connectivity index (χ4v) is 3.40. The maximum Gasteiger partial charge on any atom is 0.138 e. The van der Waals surface area contributed by atoms with Crippen LogP contribution in [-0.2, 0) is 0 Å². The number of nitrogens with zero attached hydrogens (tertiary/aromatic N) is 2. The Morgan fingerprint density at radius 1 is 0.708 bits per heavy atom. The van der Waals surface area contributed by atoms with Crippen LogP contribution in [0.3, 0.4) is 0 Å². The van der Waals surface area contributed by atoms with Crippen molar-refractivity contribution in [3.8, 4) is 11.6 Å². The van der Waals surface area contributed by atoms with Crippen LogP contribution in [0, 0.1) is 0 Å². The number of pyridine rings is 1. The normalized spacial score (nSPS) is 11.5. The first-order valence-corrected chi connectivity index (χ1v) is 7.88. The quantitative estimate of drug-likeness (QED) is 0.471. The third-order valence-corrected chi connectivity index (χ3v) is 4.50. The van der Waals surface area contributed by atoms with Crippen LogP contribution in [0.25, 0.3) is 38.4 Å². The van der Waals surface area contributed by atoms with Gasteiger partial charge in [-0.1, -0.05) is 42.5 Å². The first kappa shape index (κ1) is 13.1. The fourth-order valence-electron chi connectivity index (χ4n) is 3.40. The van der Waals surface area contributed by atoms with E-state index in [1.54, 1.807) is 12.1 Å². The summed E-state index contributed by atoms with van der Waals surface area (Å²) >= 11 is 0. The van der Waals surface area contributed by atoms with E-state index in [1.165, 1.54) is 0 Å². The highest BCUT2D eigenvalue weighted by atomic mass is 16.3. The Balaban J connectivity index is 1.93. The standard InChI is InChI=1S/C21H14N2O/c24-16-9-10-18-17-7-3-4-8-19(17)23(20(18)12-16)21-11-14-5-1-2-6-15(14)13-22-21/h1-13,24H. The van der Waals surface area contributed by atoms with Gasteiger partial charge in [0.05, 0.1) is 11.0 Å². The van der Waals surface area contributed by atoms with Crippen molar-refractivity contribution in [3.63, 3.8) is 0 Å². The van der Waals surface area contributed by atoms with Crippen LogP contribution >= 0.6 is 0 Å². The minimum absolute atomic E-state index is 0.257. The summed E-state index contributed by atoms with van der Waals surface area (Å²) in [7, 11) is 0. The zero-order valence-electron chi connectivity index (χ0n) is 12.8. The SMILES string of the molecule is Oc1ccc2c3ccccc3n(-c3cc4ccccc4cn3)c2c1. The summed E-state index contributed by atoms with van der Waals surface area (Å²) in [4.78, 5) is 4.66. The number of fused-ring (bicyclic) bond motifs is 4. The molecule has 3 aromatic carbocycles. The molecule has 114 valence electrons. The zero-order valence-corrected chi connectivity index (χ0v) is 12.8. The van der Waals surface area contributed by atoms with Crippen molar-refractivity contribution < 1.29 is 5.11 Å². The van der Waals surface area contributed by atoms with E-state index < -0.39 is 0 Å². The van der Waals surface area contributed by atoms with Crippen LogP contribution in [0.5, 0.6) is 5.75 Å². The van der Waals surface area contributed by atoms with Crippen molar-refractivity contribution >= 4 is 32.6 Å². The maximum absolute atomic E-state index is 9.96. The van der Waals surface area contributed by atoms with Gasteiger partial charge in [0, 0.05) is 28.4 Å². The Hall–Kier alpha value is -3.33. The van der Waals surface area contributed by atoms with E-state index >= 15 is 0 Å². The molecule has 5 aromatic rings. The number of aromatic nitrogens is 2. The molecule has 2 aromatic heterocycles. The molecule has 0 spiro atoms. The molecule has 3 heteroatoms. The minimum Gasteiger partial charge on any atom is -0.508 e. The molecule has 0 saturated carbocycles. The molecule has 0 fully saturated rings. The van der Waals surface area contributed by atoms with Gasteiger partial charge in [0.15, 0.2) is 0 Å². The number of hydrogen-bond donors (Lipinski definition) is 1. The summed E-state index contributed by atoms with van der Waals surface area (Å²) in [5, 5.41) is 14.5. The monoisotopic (exact) mass is 310 g/mol. The van der Waals surface area contributed by atoms with E-state index in [4.69, 9.17) is 0 Å². The highest BCUT2D eigenvalue weighted by Gasteiger charge is 2.13. The summed E-state index contributed by atoms with van der Waals surface area (Å²) in [5.74, 6) is 1.11. The minimum atomic E-state index is 0.257. The van der Waals surface area contributed by atoms with E-state index in [-0.39, 0.29) is 5.75 Å². The lowest BCUT2D eigenvalue weighted by atomic mass is 10.1. The van der Waals surface area contributed by atoms with Gasteiger partial charge in [0.2, 0.25) is 0 Å². The van der Waals surface area contributed by atoms with Gasteiger partial charge in [0.1, 0.15) is 11.6 Å². The van der Waals surface area contributed by atoms with Gasteiger partial charge in [0.25, 0.3) is 0 Å². The van der Waals surface area contributed by atoms with Crippen molar-refractivity contribution in [1.82, 2.24) is 9.55 Å². The molecule has 0 atom stereocenters. The molecule has 2 heterocycles. The summed E-state index contributed by atoms with van der Waals surface area (Å²) < 4.78 is 2.11. The van der Waals surface area contributed by atoms with E-state index in [9.17, 15) is 5.11 Å². The van der Waals surface area contributed by atoms with Gasteiger partial charge in [-0.2, -0.15) is 0 Å². The Morgan fingerprint density at radius 3 is 2.38 bits per heavy atom. The molecule has 3 nitrogen and oxygen atoms in total. The summed E-state index contributed by atoms with van der Waals surface area (Å²) in [6.45, 7) is 0. The number of aromatic hydroxyl groups is 1. The van der Waals surface area contributed by atoms with Crippen molar-refractivity contribution in [2.24, 2.45) is 0 Å².